The minimum atomic E-state index is -4.71. The molecule has 5 N–H and O–H groups in total. The summed E-state index contributed by atoms with van der Waals surface area (Å²) >= 11 is 0. The third-order valence-electron chi connectivity index (χ3n) is 12.9. The van der Waals surface area contributed by atoms with Crippen LogP contribution in [-0.4, -0.2) is 124 Å². The summed E-state index contributed by atoms with van der Waals surface area (Å²) in [6.07, 6.45) is 0.710. The van der Waals surface area contributed by atoms with Gasteiger partial charge in [0.15, 0.2) is 0 Å². The highest BCUT2D eigenvalue weighted by Crippen LogP contribution is 2.44. The van der Waals surface area contributed by atoms with Crippen LogP contribution in [0.25, 0.3) is 10.9 Å². The van der Waals surface area contributed by atoms with Gasteiger partial charge in [-0.2, -0.15) is 18.3 Å². The number of alkyl halides is 3. The number of piperidine rings is 3. The number of aliphatic hydroxyl groups is 1. The summed E-state index contributed by atoms with van der Waals surface area (Å²) in [6.45, 7) is 8.15. The van der Waals surface area contributed by atoms with Crippen LogP contribution >= 0.6 is 0 Å². The van der Waals surface area contributed by atoms with Crippen molar-refractivity contribution in [3.8, 4) is 0 Å². The number of benzene rings is 2. The number of halogens is 3. The topological polar surface area (TPSA) is 211 Å². The van der Waals surface area contributed by atoms with E-state index in [1.165, 1.54) is 19.9 Å². The molecule has 1 unspecified atom stereocenters. The second-order valence-corrected chi connectivity index (χ2v) is 17.7. The Kier molecular flexibility index (Phi) is 12.5. The molecule has 3 fully saturated rings. The molecule has 3 saturated heterocycles. The summed E-state index contributed by atoms with van der Waals surface area (Å²) in [5.41, 5.74) is -0.607. The molecule has 4 aromatic rings. The predicted octanol–water partition coefficient (Wildman–Crippen LogP) is 3.42. The Morgan fingerprint density at radius 1 is 0.908 bits per heavy atom. The number of likely N-dealkylation sites (tertiary alicyclic amines) is 1. The molecule has 65 heavy (non-hydrogen) atoms. The van der Waals surface area contributed by atoms with Crippen LogP contribution < -0.4 is 26.2 Å². The highest BCUT2D eigenvalue weighted by Gasteiger charge is 2.47. The highest BCUT2D eigenvalue weighted by molar-refractivity contribution is 6.25. The first-order chi connectivity index (χ1) is 30.9. The van der Waals surface area contributed by atoms with Crippen LogP contribution in [0, 0.1) is 5.41 Å². The molecular weight excluding hydrogens is 850 g/mol. The van der Waals surface area contributed by atoms with E-state index in [9.17, 15) is 47.0 Å². The van der Waals surface area contributed by atoms with E-state index >= 15 is 0 Å². The lowest BCUT2D eigenvalue weighted by Gasteiger charge is -2.47. The molecule has 6 heterocycles. The maximum Gasteiger partial charge on any atom is 0.433 e. The lowest BCUT2D eigenvalue weighted by Crippen LogP contribution is -2.54. The van der Waals surface area contributed by atoms with Crippen LogP contribution in [-0.2, 0) is 32.7 Å². The standard InChI is InChI=1S/C45H51F3N10O7/c1-43(2,65)29-24-31-27(23-32(29)52-39(61)30-6-4-8-35(51-30)45(46,47)48)26-57(54-31)22-17-49-15-16-50-25-37(60)56-20-13-44(14-21-56)11-18-55(19-12-44)33-7-3-5-28-38(33)42(64)58(41(28)63)34-9-10-36(59)53-40(34)62/h3-8,23-24,26,34,49-50,65H,9-22,25H2,1-2H3,(H,52,61)(H,53,59,62). The van der Waals surface area contributed by atoms with Crippen molar-refractivity contribution < 1.29 is 47.0 Å². The van der Waals surface area contributed by atoms with Gasteiger partial charge in [0.2, 0.25) is 17.7 Å². The number of carbonyl (C=O) groups is 6. The first kappa shape index (κ1) is 45.3. The van der Waals surface area contributed by atoms with Crippen LogP contribution in [0.1, 0.15) is 94.8 Å². The van der Waals surface area contributed by atoms with Crippen molar-refractivity contribution in [2.24, 2.45) is 5.41 Å². The van der Waals surface area contributed by atoms with Crippen molar-refractivity contribution in [3.63, 3.8) is 0 Å². The molecular formula is C45H51F3N10O7. The van der Waals surface area contributed by atoms with Gasteiger partial charge in [-0.1, -0.05) is 12.1 Å². The van der Waals surface area contributed by atoms with E-state index in [0.29, 0.717) is 80.1 Å². The van der Waals surface area contributed by atoms with Crippen molar-refractivity contribution in [3.05, 3.63) is 82.8 Å². The van der Waals surface area contributed by atoms with Gasteiger partial charge >= 0.3 is 6.18 Å². The molecule has 0 saturated carbocycles. The number of nitrogens with zero attached hydrogens (tertiary/aromatic N) is 6. The molecule has 1 spiro atoms. The number of fused-ring (bicyclic) bond motifs is 2. The van der Waals surface area contributed by atoms with Crippen molar-refractivity contribution in [2.75, 3.05) is 62.6 Å². The van der Waals surface area contributed by atoms with E-state index in [0.717, 1.165) is 42.7 Å². The average Bonchev–Trinajstić information content (AvgIpc) is 3.79. The van der Waals surface area contributed by atoms with Crippen LogP contribution in [0.2, 0.25) is 0 Å². The number of imide groups is 2. The van der Waals surface area contributed by atoms with Crippen molar-refractivity contribution >= 4 is 57.7 Å². The molecule has 2 aromatic heterocycles. The molecule has 0 aliphatic carbocycles. The fraction of sp³-hybridized carbons (Fsp3) is 0.467. The Labute approximate surface area is 372 Å². The number of nitrogens with one attached hydrogen (secondary N) is 4. The molecule has 2 aromatic carbocycles. The van der Waals surface area contributed by atoms with Gasteiger partial charge in [0.05, 0.1) is 41.0 Å². The summed E-state index contributed by atoms with van der Waals surface area (Å²) in [6, 6.07) is 10.5. The molecule has 1 atom stereocenters. The first-order valence-corrected chi connectivity index (χ1v) is 21.8. The third-order valence-corrected chi connectivity index (χ3v) is 12.9. The molecule has 0 bridgehead atoms. The van der Waals surface area contributed by atoms with Gasteiger partial charge in [0, 0.05) is 75.1 Å². The molecule has 344 valence electrons. The average molecular weight is 901 g/mol. The first-order valence-electron chi connectivity index (χ1n) is 21.8. The van der Waals surface area contributed by atoms with Crippen LogP contribution in [0.3, 0.4) is 0 Å². The number of hydrogen-bond donors (Lipinski definition) is 5. The van der Waals surface area contributed by atoms with E-state index in [1.807, 2.05) is 11.0 Å². The smallest absolute Gasteiger partial charge is 0.386 e. The Hall–Kier alpha value is -6.25. The Morgan fingerprint density at radius 2 is 1.62 bits per heavy atom. The zero-order chi connectivity index (χ0) is 46.3. The summed E-state index contributed by atoms with van der Waals surface area (Å²) in [7, 11) is 0. The molecule has 6 amide bonds. The van der Waals surface area contributed by atoms with E-state index < -0.39 is 58.7 Å². The Bertz CT molecular complexity index is 2540. The Balaban J connectivity index is 0.760. The van der Waals surface area contributed by atoms with Gasteiger partial charge < -0.3 is 30.9 Å². The molecule has 20 heteroatoms. The summed E-state index contributed by atoms with van der Waals surface area (Å²) in [5, 5.41) is 27.5. The fourth-order valence-corrected chi connectivity index (χ4v) is 9.27. The normalized spacial score (nSPS) is 19.0. The van der Waals surface area contributed by atoms with E-state index in [1.54, 1.807) is 35.1 Å². The lowest BCUT2D eigenvalue weighted by atomic mass is 9.71. The van der Waals surface area contributed by atoms with Gasteiger partial charge in [-0.3, -0.25) is 43.7 Å². The van der Waals surface area contributed by atoms with Gasteiger partial charge in [0.25, 0.3) is 17.7 Å². The van der Waals surface area contributed by atoms with Gasteiger partial charge in [-0.15, -0.1) is 0 Å². The summed E-state index contributed by atoms with van der Waals surface area (Å²) < 4.78 is 41.3. The van der Waals surface area contributed by atoms with E-state index in [-0.39, 0.29) is 42.0 Å². The second-order valence-electron chi connectivity index (χ2n) is 17.7. The molecule has 0 radical (unpaired) electrons. The van der Waals surface area contributed by atoms with Crippen LogP contribution in [0.15, 0.2) is 54.7 Å². The van der Waals surface area contributed by atoms with Gasteiger partial charge in [0.1, 0.15) is 17.4 Å². The number of anilines is 2. The van der Waals surface area contributed by atoms with Crippen molar-refractivity contribution in [1.82, 2.24) is 40.5 Å². The number of carbonyl (C=O) groups excluding carboxylic acids is 6. The maximum atomic E-state index is 13.7. The summed E-state index contributed by atoms with van der Waals surface area (Å²) in [5.74, 6) is -2.91. The summed E-state index contributed by atoms with van der Waals surface area (Å²) in [4.78, 5) is 85.9. The largest absolute Gasteiger partial charge is 0.433 e. The van der Waals surface area contributed by atoms with Crippen molar-refractivity contribution in [2.45, 2.75) is 76.7 Å². The van der Waals surface area contributed by atoms with Gasteiger partial charge in [-0.25, -0.2) is 4.98 Å². The van der Waals surface area contributed by atoms with E-state index in [4.69, 9.17) is 0 Å². The number of hydrogen-bond acceptors (Lipinski definition) is 12. The molecule has 4 aliphatic rings. The monoisotopic (exact) mass is 900 g/mol. The van der Waals surface area contributed by atoms with Gasteiger partial charge in [-0.05, 0) is 87.8 Å². The number of amides is 6. The quantitative estimate of drug-likeness (QED) is 0.0966. The van der Waals surface area contributed by atoms with E-state index in [2.05, 4.69) is 36.2 Å². The Morgan fingerprint density at radius 3 is 2.32 bits per heavy atom. The molecule has 8 rings (SSSR count). The minimum Gasteiger partial charge on any atom is -0.386 e. The lowest BCUT2D eigenvalue weighted by molar-refractivity contribution is -0.141. The zero-order valence-electron chi connectivity index (χ0n) is 36.1. The number of pyridine rings is 1. The van der Waals surface area contributed by atoms with Crippen LogP contribution in [0.5, 0.6) is 0 Å². The zero-order valence-corrected chi connectivity index (χ0v) is 36.1. The SMILES string of the molecule is CC(C)(O)c1cc2nn(CCNCCNCC(=O)N3CCC4(CC3)CCN(c3cccc5c3C(=O)N(C3CCC(=O)NC3=O)C5=O)CC4)cc2cc1NC(=O)c1cccc(C(F)(F)F)n1. The van der Waals surface area contributed by atoms with Crippen LogP contribution in [0.4, 0.5) is 24.5 Å². The fourth-order valence-electron chi connectivity index (χ4n) is 9.27. The highest BCUT2D eigenvalue weighted by atomic mass is 19.4. The second kappa shape index (κ2) is 18.0. The molecule has 4 aliphatic heterocycles. The molecule has 17 nitrogen and oxygen atoms in total. The third kappa shape index (κ3) is 9.60. The predicted molar refractivity (Wildman–Crippen MR) is 231 cm³/mol. The maximum absolute atomic E-state index is 13.7. The van der Waals surface area contributed by atoms with Crippen molar-refractivity contribution in [1.29, 1.82) is 0 Å². The number of rotatable bonds is 13. The number of aromatic nitrogens is 3. The minimum absolute atomic E-state index is 0.0381.